The number of nitrogens with one attached hydrogen (secondary N) is 2. The minimum atomic E-state index is -0.150. The Balaban J connectivity index is 2.54. The van der Waals surface area contributed by atoms with E-state index in [0.717, 1.165) is 12.0 Å². The van der Waals surface area contributed by atoms with Crippen LogP contribution in [0, 0.1) is 0 Å². The van der Waals surface area contributed by atoms with Crippen LogP contribution in [0.4, 0.5) is 0 Å². The van der Waals surface area contributed by atoms with E-state index >= 15 is 0 Å². The Morgan fingerprint density at radius 1 is 1.28 bits per heavy atom. The Morgan fingerprint density at radius 3 is 2.39 bits per heavy atom. The molecule has 1 aromatic rings. The number of hydrogen-bond donors (Lipinski definition) is 2. The number of carbonyl (C=O) groups excluding carboxylic acids is 2. The first kappa shape index (κ1) is 14.7. The van der Waals surface area contributed by atoms with Crippen LogP contribution < -0.4 is 10.6 Å². The third-order valence-electron chi connectivity index (χ3n) is 2.55. The molecule has 0 heterocycles. The maximum atomic E-state index is 11.5. The first-order chi connectivity index (χ1) is 8.58. The van der Waals surface area contributed by atoms with Gasteiger partial charge in [-0.2, -0.15) is 0 Å². The number of carbonyl (C=O) groups is 2. The van der Waals surface area contributed by atoms with Crippen molar-refractivity contribution in [3.05, 3.63) is 35.4 Å². The molecule has 0 aliphatic heterocycles. The number of hydrogen-bond acceptors (Lipinski definition) is 2. The molecule has 0 saturated carbocycles. The van der Waals surface area contributed by atoms with Gasteiger partial charge in [0.15, 0.2) is 0 Å². The predicted octanol–water partition coefficient (Wildman–Crippen LogP) is 1.84. The van der Waals surface area contributed by atoms with Crippen molar-refractivity contribution >= 4 is 27.7 Å². The third-order valence-corrected chi connectivity index (χ3v) is 3.62. The highest BCUT2D eigenvalue weighted by molar-refractivity contribution is 9.10. The lowest BCUT2D eigenvalue weighted by molar-refractivity contribution is -0.120. The van der Waals surface area contributed by atoms with Gasteiger partial charge in [-0.1, -0.05) is 35.0 Å². The van der Waals surface area contributed by atoms with Crippen LogP contribution in [0.15, 0.2) is 24.3 Å². The van der Waals surface area contributed by atoms with Crippen LogP contribution in [0.25, 0.3) is 0 Å². The van der Waals surface area contributed by atoms with Gasteiger partial charge in [0.05, 0.1) is 4.83 Å². The fraction of sp³-hybridized carbons (Fsp3) is 0.385. The van der Waals surface area contributed by atoms with E-state index in [1.54, 1.807) is 19.2 Å². The van der Waals surface area contributed by atoms with Crippen LogP contribution >= 0.6 is 15.9 Å². The summed E-state index contributed by atoms with van der Waals surface area (Å²) in [5, 5.41) is 5.38. The molecule has 0 saturated heterocycles. The normalized spacial score (nSPS) is 11.7. The van der Waals surface area contributed by atoms with E-state index in [1.165, 1.54) is 0 Å². The molecule has 0 aliphatic carbocycles. The van der Waals surface area contributed by atoms with Gasteiger partial charge in [0.2, 0.25) is 5.91 Å². The number of halogens is 1. The molecule has 1 rings (SSSR count). The summed E-state index contributed by atoms with van der Waals surface area (Å²) in [6, 6.07) is 7.15. The van der Waals surface area contributed by atoms with Gasteiger partial charge in [0.25, 0.3) is 5.91 Å². The number of benzene rings is 1. The van der Waals surface area contributed by atoms with Crippen molar-refractivity contribution in [2.45, 2.75) is 24.7 Å². The molecule has 2 N–H and O–H groups in total. The highest BCUT2D eigenvalue weighted by Gasteiger charge is 2.11. The summed E-state index contributed by atoms with van der Waals surface area (Å²) in [5.74, 6) is -0.134. The average molecular weight is 313 g/mol. The predicted molar refractivity (Wildman–Crippen MR) is 74.7 cm³/mol. The van der Waals surface area contributed by atoms with E-state index in [-0.39, 0.29) is 16.6 Å². The Labute approximate surface area is 115 Å². The quantitative estimate of drug-likeness (QED) is 0.815. The molecule has 18 heavy (non-hydrogen) atoms. The summed E-state index contributed by atoms with van der Waals surface area (Å²) in [5.41, 5.74) is 1.58. The molecular weight excluding hydrogens is 296 g/mol. The highest BCUT2D eigenvalue weighted by Crippen LogP contribution is 2.07. The molecule has 1 unspecified atom stereocenters. The molecule has 0 fully saturated rings. The molecule has 4 nitrogen and oxygen atoms in total. The van der Waals surface area contributed by atoms with Crippen LogP contribution in [-0.4, -0.2) is 23.7 Å². The molecule has 0 spiro atoms. The molecule has 1 atom stereocenters. The summed E-state index contributed by atoms with van der Waals surface area (Å²) in [6.07, 6.45) is 0.751. The van der Waals surface area contributed by atoms with Crippen LogP contribution in [0.2, 0.25) is 0 Å². The van der Waals surface area contributed by atoms with Gasteiger partial charge in [-0.3, -0.25) is 9.59 Å². The molecule has 0 aliphatic rings. The van der Waals surface area contributed by atoms with E-state index in [9.17, 15) is 9.59 Å². The summed E-state index contributed by atoms with van der Waals surface area (Å²) in [6.45, 7) is 2.41. The molecule has 0 bridgehead atoms. The van der Waals surface area contributed by atoms with Crippen molar-refractivity contribution in [2.75, 3.05) is 7.05 Å². The van der Waals surface area contributed by atoms with Crippen molar-refractivity contribution in [1.82, 2.24) is 10.6 Å². The second-order valence-electron chi connectivity index (χ2n) is 3.87. The van der Waals surface area contributed by atoms with E-state index < -0.39 is 0 Å². The van der Waals surface area contributed by atoms with E-state index in [4.69, 9.17) is 0 Å². The van der Waals surface area contributed by atoms with Gasteiger partial charge in [0, 0.05) is 19.2 Å². The number of rotatable bonds is 5. The lowest BCUT2D eigenvalue weighted by atomic mass is 10.1. The molecule has 2 amide bonds. The standard InChI is InChI=1S/C13H17BrN2O2/c1-3-11(14)13(18)16-8-9-4-6-10(7-5-9)12(17)15-2/h4-7,11H,3,8H2,1-2H3,(H,15,17)(H,16,18). The summed E-state index contributed by atoms with van der Waals surface area (Å²) >= 11 is 3.29. The average Bonchev–Trinajstić information content (AvgIpc) is 2.43. The topological polar surface area (TPSA) is 58.2 Å². The van der Waals surface area contributed by atoms with Crippen molar-refractivity contribution in [1.29, 1.82) is 0 Å². The van der Waals surface area contributed by atoms with Gasteiger partial charge >= 0.3 is 0 Å². The zero-order valence-corrected chi connectivity index (χ0v) is 12.1. The van der Waals surface area contributed by atoms with Crippen molar-refractivity contribution in [2.24, 2.45) is 0 Å². The van der Waals surface area contributed by atoms with Gasteiger partial charge in [-0.25, -0.2) is 0 Å². The third kappa shape index (κ3) is 4.14. The summed E-state index contributed by atoms with van der Waals surface area (Å²) in [4.78, 5) is 22.7. The van der Waals surface area contributed by atoms with Crippen LogP contribution in [0.1, 0.15) is 29.3 Å². The fourth-order valence-corrected chi connectivity index (χ4v) is 1.57. The van der Waals surface area contributed by atoms with Crippen LogP contribution in [0.5, 0.6) is 0 Å². The lowest BCUT2D eigenvalue weighted by Gasteiger charge is -2.09. The highest BCUT2D eigenvalue weighted by atomic mass is 79.9. The maximum absolute atomic E-state index is 11.5. The Bertz CT molecular complexity index is 418. The van der Waals surface area contributed by atoms with E-state index in [2.05, 4.69) is 26.6 Å². The van der Waals surface area contributed by atoms with Gasteiger partial charge in [0.1, 0.15) is 0 Å². The van der Waals surface area contributed by atoms with Gasteiger partial charge in [-0.15, -0.1) is 0 Å². The van der Waals surface area contributed by atoms with Crippen LogP contribution in [0.3, 0.4) is 0 Å². The largest absolute Gasteiger partial charge is 0.355 e. The number of amides is 2. The summed E-state index contributed by atoms with van der Waals surface area (Å²) < 4.78 is 0. The molecule has 5 heteroatoms. The lowest BCUT2D eigenvalue weighted by Crippen LogP contribution is -2.30. The van der Waals surface area contributed by atoms with Gasteiger partial charge in [-0.05, 0) is 24.1 Å². The number of alkyl halides is 1. The van der Waals surface area contributed by atoms with Crippen molar-refractivity contribution in [3.63, 3.8) is 0 Å². The Hall–Kier alpha value is -1.36. The monoisotopic (exact) mass is 312 g/mol. The molecule has 0 aromatic heterocycles. The molecule has 0 radical (unpaired) electrons. The molecular formula is C13H17BrN2O2. The van der Waals surface area contributed by atoms with Gasteiger partial charge < -0.3 is 10.6 Å². The Morgan fingerprint density at radius 2 is 1.89 bits per heavy atom. The molecule has 1 aromatic carbocycles. The minimum Gasteiger partial charge on any atom is -0.355 e. The SMILES string of the molecule is CCC(Br)C(=O)NCc1ccc(C(=O)NC)cc1. The second-order valence-corrected chi connectivity index (χ2v) is 4.97. The zero-order valence-electron chi connectivity index (χ0n) is 10.5. The first-order valence-electron chi connectivity index (χ1n) is 5.81. The maximum Gasteiger partial charge on any atom is 0.251 e. The van der Waals surface area contributed by atoms with Crippen molar-refractivity contribution in [3.8, 4) is 0 Å². The summed E-state index contributed by atoms with van der Waals surface area (Å²) in [7, 11) is 1.59. The van der Waals surface area contributed by atoms with E-state index in [1.807, 2.05) is 19.1 Å². The smallest absolute Gasteiger partial charge is 0.251 e. The van der Waals surface area contributed by atoms with Crippen molar-refractivity contribution < 1.29 is 9.59 Å². The second kappa shape index (κ2) is 7.16. The fourth-order valence-electron chi connectivity index (χ4n) is 1.40. The minimum absolute atomic E-state index is 0.0205. The Kier molecular flexibility index (Phi) is 5.85. The zero-order chi connectivity index (χ0) is 13.5. The molecule has 98 valence electrons. The van der Waals surface area contributed by atoms with Crippen LogP contribution in [-0.2, 0) is 11.3 Å². The van der Waals surface area contributed by atoms with E-state index in [0.29, 0.717) is 12.1 Å². The first-order valence-corrected chi connectivity index (χ1v) is 6.72.